The first-order chi connectivity index (χ1) is 12.1. The van der Waals surface area contributed by atoms with E-state index in [1.807, 2.05) is 0 Å². The lowest BCUT2D eigenvalue weighted by Crippen LogP contribution is -2.18. The van der Waals surface area contributed by atoms with E-state index >= 15 is 0 Å². The van der Waals surface area contributed by atoms with Crippen LogP contribution in [0.2, 0.25) is 0 Å². The zero-order chi connectivity index (χ0) is 17.6. The molecule has 3 aromatic rings. The maximum absolute atomic E-state index is 12.1. The van der Waals surface area contributed by atoms with E-state index in [9.17, 15) is 9.59 Å². The summed E-state index contributed by atoms with van der Waals surface area (Å²) in [6, 6.07) is 12.0. The zero-order valence-electron chi connectivity index (χ0n) is 13.5. The van der Waals surface area contributed by atoms with E-state index in [1.165, 1.54) is 13.2 Å². The fourth-order valence-corrected chi connectivity index (χ4v) is 2.12. The highest BCUT2D eigenvalue weighted by Crippen LogP contribution is 2.21. The number of esters is 1. The molecule has 1 amide bonds. The van der Waals surface area contributed by atoms with Gasteiger partial charge in [0.2, 0.25) is 11.7 Å². The highest BCUT2D eigenvalue weighted by molar-refractivity contribution is 5.89. The first-order valence-electron chi connectivity index (χ1n) is 7.62. The number of furan rings is 1. The molecular formula is C18H16N2O5. The lowest BCUT2D eigenvalue weighted by Gasteiger charge is -2.05. The van der Waals surface area contributed by atoms with Crippen LogP contribution >= 0.6 is 0 Å². The van der Waals surface area contributed by atoms with Crippen LogP contribution in [-0.4, -0.2) is 17.0 Å². The molecule has 7 nitrogen and oxygen atoms in total. The second-order valence-corrected chi connectivity index (χ2v) is 5.34. The van der Waals surface area contributed by atoms with Crippen molar-refractivity contribution < 1.29 is 23.3 Å². The minimum absolute atomic E-state index is 0.00329. The molecule has 2 aromatic heterocycles. The number of hydrogen-bond donors (Lipinski definition) is 1. The monoisotopic (exact) mass is 340 g/mol. The highest BCUT2D eigenvalue weighted by Gasteiger charge is 2.12. The standard InChI is InChI=1S/C18H16N2O5/c1-12(21)19-10-13-4-6-14(7-5-13)18(22)24-11-15-9-17(25-20-15)16-3-2-8-23-16/h2-9H,10-11H2,1H3,(H,19,21). The Morgan fingerprint density at radius 3 is 2.64 bits per heavy atom. The van der Waals surface area contributed by atoms with Gasteiger partial charge in [0.1, 0.15) is 12.3 Å². The van der Waals surface area contributed by atoms with Gasteiger partial charge >= 0.3 is 5.97 Å². The lowest BCUT2D eigenvalue weighted by molar-refractivity contribution is -0.119. The number of aromatic nitrogens is 1. The number of nitrogens with one attached hydrogen (secondary N) is 1. The molecule has 0 aliphatic heterocycles. The normalized spacial score (nSPS) is 10.4. The van der Waals surface area contributed by atoms with Crippen molar-refractivity contribution in [2.45, 2.75) is 20.1 Å². The van der Waals surface area contributed by atoms with Crippen molar-refractivity contribution in [1.82, 2.24) is 10.5 Å². The Balaban J connectivity index is 1.54. The number of benzene rings is 1. The zero-order valence-corrected chi connectivity index (χ0v) is 13.5. The Hall–Kier alpha value is -3.35. The van der Waals surface area contributed by atoms with Crippen LogP contribution in [0.25, 0.3) is 11.5 Å². The molecule has 0 atom stereocenters. The largest absolute Gasteiger partial charge is 0.461 e. The molecule has 1 N–H and O–H groups in total. The van der Waals surface area contributed by atoms with E-state index in [1.54, 1.807) is 42.5 Å². The molecule has 25 heavy (non-hydrogen) atoms. The van der Waals surface area contributed by atoms with E-state index < -0.39 is 5.97 Å². The van der Waals surface area contributed by atoms with Crippen LogP contribution in [0, 0.1) is 0 Å². The van der Waals surface area contributed by atoms with E-state index in [4.69, 9.17) is 13.7 Å². The molecule has 0 aliphatic carbocycles. The highest BCUT2D eigenvalue weighted by atomic mass is 16.5. The molecule has 0 spiro atoms. The van der Waals surface area contributed by atoms with Crippen molar-refractivity contribution in [2.75, 3.05) is 0 Å². The van der Waals surface area contributed by atoms with Crippen LogP contribution in [0.3, 0.4) is 0 Å². The first-order valence-corrected chi connectivity index (χ1v) is 7.62. The lowest BCUT2D eigenvalue weighted by atomic mass is 10.1. The van der Waals surface area contributed by atoms with Crippen LogP contribution in [0.4, 0.5) is 0 Å². The second kappa shape index (κ2) is 7.48. The molecule has 0 unspecified atom stereocenters. The maximum atomic E-state index is 12.1. The van der Waals surface area contributed by atoms with Gasteiger partial charge in [-0.1, -0.05) is 17.3 Å². The van der Waals surface area contributed by atoms with Crippen molar-refractivity contribution in [2.24, 2.45) is 0 Å². The number of carbonyl (C=O) groups is 2. The SMILES string of the molecule is CC(=O)NCc1ccc(C(=O)OCc2cc(-c3ccco3)on2)cc1. The summed E-state index contributed by atoms with van der Waals surface area (Å²) in [6.07, 6.45) is 1.53. The molecule has 0 saturated carbocycles. The van der Waals surface area contributed by atoms with Crippen LogP contribution in [0.15, 0.2) is 57.7 Å². The van der Waals surface area contributed by atoms with Gasteiger partial charge < -0.3 is 19.0 Å². The molecule has 3 rings (SSSR count). The van der Waals surface area contributed by atoms with Crippen LogP contribution in [0.1, 0.15) is 28.5 Å². The summed E-state index contributed by atoms with van der Waals surface area (Å²) < 4.78 is 15.6. The van der Waals surface area contributed by atoms with Crippen molar-refractivity contribution in [3.8, 4) is 11.5 Å². The summed E-state index contributed by atoms with van der Waals surface area (Å²) in [7, 11) is 0. The van der Waals surface area contributed by atoms with E-state index in [-0.39, 0.29) is 12.5 Å². The van der Waals surface area contributed by atoms with Gasteiger partial charge in [-0.2, -0.15) is 0 Å². The van der Waals surface area contributed by atoms with Crippen LogP contribution < -0.4 is 5.32 Å². The number of ether oxygens (including phenoxy) is 1. The van der Waals surface area contributed by atoms with Crippen molar-refractivity contribution >= 4 is 11.9 Å². The smallest absolute Gasteiger partial charge is 0.338 e. The van der Waals surface area contributed by atoms with Crippen molar-refractivity contribution in [1.29, 1.82) is 0 Å². The minimum Gasteiger partial charge on any atom is -0.461 e. The Kier molecular flexibility index (Phi) is 4.94. The van der Waals surface area contributed by atoms with Gasteiger partial charge in [0.05, 0.1) is 11.8 Å². The predicted octanol–water partition coefficient (Wildman–Crippen LogP) is 2.93. The topological polar surface area (TPSA) is 94.6 Å². The molecule has 0 bridgehead atoms. The number of hydrogen-bond acceptors (Lipinski definition) is 6. The first kappa shape index (κ1) is 16.5. The van der Waals surface area contributed by atoms with Crippen LogP contribution in [-0.2, 0) is 22.7 Å². The summed E-state index contributed by atoms with van der Waals surface area (Å²) >= 11 is 0. The summed E-state index contributed by atoms with van der Waals surface area (Å²) in [6.45, 7) is 1.86. The fourth-order valence-electron chi connectivity index (χ4n) is 2.12. The number of rotatable bonds is 6. The molecule has 0 radical (unpaired) electrons. The van der Waals surface area contributed by atoms with Gasteiger partial charge in [-0.05, 0) is 29.8 Å². The second-order valence-electron chi connectivity index (χ2n) is 5.34. The van der Waals surface area contributed by atoms with Gasteiger partial charge in [-0.25, -0.2) is 4.79 Å². The third-order valence-corrected chi connectivity index (χ3v) is 3.41. The molecule has 0 aliphatic rings. The molecule has 0 fully saturated rings. The fraction of sp³-hybridized carbons (Fsp3) is 0.167. The summed E-state index contributed by atoms with van der Waals surface area (Å²) in [5.74, 6) is 0.455. The average Bonchev–Trinajstić information content (AvgIpc) is 3.29. The molecule has 0 saturated heterocycles. The van der Waals surface area contributed by atoms with Gasteiger partial charge in [-0.15, -0.1) is 0 Å². The van der Waals surface area contributed by atoms with Gasteiger partial charge in [-0.3, -0.25) is 4.79 Å². The predicted molar refractivity (Wildman–Crippen MR) is 87.3 cm³/mol. The molecule has 7 heteroatoms. The third-order valence-electron chi connectivity index (χ3n) is 3.41. The van der Waals surface area contributed by atoms with Gasteiger partial charge in [0.25, 0.3) is 0 Å². The Bertz CT molecular complexity index is 850. The van der Waals surface area contributed by atoms with Crippen molar-refractivity contribution in [3.63, 3.8) is 0 Å². The van der Waals surface area contributed by atoms with Gasteiger partial charge in [0, 0.05) is 19.5 Å². The Morgan fingerprint density at radius 1 is 1.16 bits per heavy atom. The minimum atomic E-state index is -0.464. The van der Waals surface area contributed by atoms with E-state index in [0.717, 1.165) is 5.56 Å². The number of carbonyl (C=O) groups excluding carboxylic acids is 2. The molecule has 2 heterocycles. The van der Waals surface area contributed by atoms with Crippen molar-refractivity contribution in [3.05, 3.63) is 65.5 Å². The number of nitrogens with zero attached hydrogens (tertiary/aromatic N) is 1. The third kappa shape index (κ3) is 4.35. The quantitative estimate of drug-likeness (QED) is 0.693. The summed E-state index contributed by atoms with van der Waals surface area (Å²) in [5, 5.41) is 6.53. The molecule has 128 valence electrons. The molecule has 1 aromatic carbocycles. The summed E-state index contributed by atoms with van der Waals surface area (Å²) in [5.41, 5.74) is 1.80. The van der Waals surface area contributed by atoms with E-state index in [2.05, 4.69) is 10.5 Å². The Labute approximate surface area is 143 Å². The number of amides is 1. The van der Waals surface area contributed by atoms with Gasteiger partial charge in [0.15, 0.2) is 5.76 Å². The van der Waals surface area contributed by atoms with E-state index in [0.29, 0.717) is 29.3 Å². The Morgan fingerprint density at radius 2 is 1.96 bits per heavy atom. The average molecular weight is 340 g/mol. The van der Waals surface area contributed by atoms with Crippen LogP contribution in [0.5, 0.6) is 0 Å². The molecular weight excluding hydrogens is 324 g/mol. The summed E-state index contributed by atoms with van der Waals surface area (Å²) in [4.78, 5) is 22.9. The maximum Gasteiger partial charge on any atom is 0.338 e.